The minimum atomic E-state index is 0.484. The molecule has 1 aromatic rings. The van der Waals surface area contributed by atoms with Crippen molar-refractivity contribution in [3.8, 4) is 0 Å². The van der Waals surface area contributed by atoms with Crippen LogP contribution in [-0.4, -0.2) is 49.2 Å². The average molecular weight is 308 g/mol. The van der Waals surface area contributed by atoms with Crippen LogP contribution in [0.1, 0.15) is 49.7 Å². The molecule has 0 aromatic carbocycles. The van der Waals surface area contributed by atoms with Gasteiger partial charge in [0.2, 0.25) is 0 Å². The lowest BCUT2D eigenvalue weighted by molar-refractivity contribution is 0.213. The molecule has 4 nitrogen and oxygen atoms in total. The molecule has 1 fully saturated rings. The Bertz CT molecular complexity index is 473. The summed E-state index contributed by atoms with van der Waals surface area (Å²) in [5.41, 5.74) is 1.34. The van der Waals surface area contributed by atoms with Gasteiger partial charge in [0.15, 0.2) is 5.13 Å². The van der Waals surface area contributed by atoms with E-state index in [-0.39, 0.29) is 0 Å². The zero-order valence-electron chi connectivity index (χ0n) is 13.6. The van der Waals surface area contributed by atoms with Crippen molar-refractivity contribution < 1.29 is 0 Å². The van der Waals surface area contributed by atoms with Gasteiger partial charge in [-0.1, -0.05) is 13.8 Å². The molecule has 0 bridgehead atoms. The van der Waals surface area contributed by atoms with Crippen molar-refractivity contribution >= 4 is 16.5 Å². The number of fused-ring (bicyclic) bond motifs is 1. The van der Waals surface area contributed by atoms with Gasteiger partial charge in [-0.3, -0.25) is 4.90 Å². The maximum absolute atomic E-state index is 5.03. The van der Waals surface area contributed by atoms with Crippen LogP contribution in [0.4, 0.5) is 5.13 Å². The Kier molecular flexibility index (Phi) is 4.82. The molecule has 2 unspecified atom stereocenters. The molecule has 1 aliphatic carbocycles. The summed E-state index contributed by atoms with van der Waals surface area (Å²) >= 11 is 1.94. The number of hydrogen-bond acceptors (Lipinski definition) is 5. The largest absolute Gasteiger partial charge is 0.345 e. The predicted octanol–water partition coefficient (Wildman–Crippen LogP) is 2.66. The zero-order valence-corrected chi connectivity index (χ0v) is 14.4. The lowest BCUT2D eigenvalue weighted by atomic mass is 9.98. The summed E-state index contributed by atoms with van der Waals surface area (Å²) in [6.07, 6.45) is 4.98. The van der Waals surface area contributed by atoms with Crippen LogP contribution in [0.15, 0.2) is 0 Å². The van der Waals surface area contributed by atoms with Gasteiger partial charge in [-0.2, -0.15) is 0 Å². The Morgan fingerprint density at radius 1 is 1.33 bits per heavy atom. The highest BCUT2D eigenvalue weighted by Gasteiger charge is 2.29. The van der Waals surface area contributed by atoms with Gasteiger partial charge in [0, 0.05) is 30.6 Å². The highest BCUT2D eigenvalue weighted by atomic mass is 32.1. The maximum Gasteiger partial charge on any atom is 0.185 e. The third-order valence-electron chi connectivity index (χ3n) is 4.91. The summed E-state index contributed by atoms with van der Waals surface area (Å²) in [5, 5.41) is 4.86. The molecule has 0 radical (unpaired) electrons. The maximum atomic E-state index is 5.03. The van der Waals surface area contributed by atoms with E-state index in [0.29, 0.717) is 12.1 Å². The van der Waals surface area contributed by atoms with E-state index in [1.54, 1.807) is 0 Å². The van der Waals surface area contributed by atoms with Gasteiger partial charge in [-0.25, -0.2) is 4.98 Å². The molecule has 0 saturated carbocycles. The number of rotatable bonds is 4. The minimum absolute atomic E-state index is 0.484. The quantitative estimate of drug-likeness (QED) is 0.926. The van der Waals surface area contributed by atoms with Crippen LogP contribution in [0.5, 0.6) is 0 Å². The molecule has 2 atom stereocenters. The Morgan fingerprint density at radius 2 is 2.19 bits per heavy atom. The van der Waals surface area contributed by atoms with E-state index in [1.807, 2.05) is 11.3 Å². The predicted molar refractivity (Wildman–Crippen MR) is 90.4 cm³/mol. The molecule has 1 aliphatic heterocycles. The molecule has 2 aliphatic rings. The first-order chi connectivity index (χ1) is 10.2. The van der Waals surface area contributed by atoms with E-state index in [4.69, 9.17) is 4.98 Å². The molecule has 2 heterocycles. The summed E-state index contributed by atoms with van der Waals surface area (Å²) in [5.74, 6) is 0. The topological polar surface area (TPSA) is 31.4 Å². The third-order valence-corrected chi connectivity index (χ3v) is 6.10. The molecule has 3 rings (SSSR count). The van der Waals surface area contributed by atoms with E-state index in [1.165, 1.54) is 41.4 Å². The summed E-state index contributed by atoms with van der Waals surface area (Å²) < 4.78 is 0. The van der Waals surface area contributed by atoms with E-state index in [0.717, 1.165) is 26.2 Å². The minimum Gasteiger partial charge on any atom is -0.345 e. The van der Waals surface area contributed by atoms with Gasteiger partial charge in [0.05, 0.1) is 11.7 Å². The van der Waals surface area contributed by atoms with E-state index in [9.17, 15) is 0 Å². The standard InChI is InChI=1S/C16H28N4S/c1-4-12-11-20(10-9-19(12)3)16-18-15-13(17-5-2)7-6-8-14(15)21-16/h12-13,17H,4-11H2,1-3H3. The fraction of sp³-hybridized carbons (Fsp3) is 0.812. The van der Waals surface area contributed by atoms with Crippen LogP contribution in [0, 0.1) is 0 Å². The van der Waals surface area contributed by atoms with Crippen molar-refractivity contribution in [1.29, 1.82) is 0 Å². The Labute approximate surface area is 132 Å². The number of piperazine rings is 1. The highest BCUT2D eigenvalue weighted by molar-refractivity contribution is 7.15. The number of anilines is 1. The van der Waals surface area contributed by atoms with Crippen molar-refractivity contribution in [2.45, 2.75) is 51.6 Å². The third kappa shape index (κ3) is 3.10. The molecule has 1 N–H and O–H groups in total. The van der Waals surface area contributed by atoms with E-state index >= 15 is 0 Å². The van der Waals surface area contributed by atoms with Crippen LogP contribution in [-0.2, 0) is 6.42 Å². The normalized spacial score (nSPS) is 26.9. The number of nitrogens with zero attached hydrogens (tertiary/aromatic N) is 3. The molecule has 1 aromatic heterocycles. The second-order valence-electron chi connectivity index (χ2n) is 6.30. The van der Waals surface area contributed by atoms with Gasteiger partial charge >= 0.3 is 0 Å². The van der Waals surface area contributed by atoms with Crippen molar-refractivity contribution in [3.05, 3.63) is 10.6 Å². The first-order valence-corrected chi connectivity index (χ1v) is 9.22. The van der Waals surface area contributed by atoms with Crippen molar-refractivity contribution in [2.75, 3.05) is 38.1 Å². The molecule has 21 heavy (non-hydrogen) atoms. The SMILES string of the molecule is CCNC1CCCc2sc(N3CCN(C)C(CC)C3)nc21. The number of hydrogen-bond donors (Lipinski definition) is 1. The lowest BCUT2D eigenvalue weighted by Gasteiger charge is -2.39. The van der Waals surface area contributed by atoms with Crippen LogP contribution in [0.2, 0.25) is 0 Å². The second kappa shape index (κ2) is 6.63. The van der Waals surface area contributed by atoms with E-state index in [2.05, 4.69) is 36.0 Å². The highest BCUT2D eigenvalue weighted by Crippen LogP contribution is 2.37. The summed E-state index contributed by atoms with van der Waals surface area (Å²) in [6.45, 7) is 8.91. The summed E-state index contributed by atoms with van der Waals surface area (Å²) in [7, 11) is 2.25. The van der Waals surface area contributed by atoms with Gasteiger partial charge < -0.3 is 10.2 Å². The number of aromatic nitrogens is 1. The second-order valence-corrected chi connectivity index (χ2v) is 7.36. The number of likely N-dealkylation sites (N-methyl/N-ethyl adjacent to an activating group) is 1. The molecule has 5 heteroatoms. The Morgan fingerprint density at radius 3 is 2.95 bits per heavy atom. The first kappa shape index (κ1) is 15.3. The van der Waals surface area contributed by atoms with Gasteiger partial charge in [0.1, 0.15) is 0 Å². The summed E-state index contributed by atoms with van der Waals surface area (Å²) in [4.78, 5) is 11.6. The average Bonchev–Trinajstić information content (AvgIpc) is 2.93. The van der Waals surface area contributed by atoms with Crippen molar-refractivity contribution in [3.63, 3.8) is 0 Å². The smallest absolute Gasteiger partial charge is 0.185 e. The summed E-state index contributed by atoms with van der Waals surface area (Å²) in [6, 6.07) is 1.16. The van der Waals surface area contributed by atoms with Crippen LogP contribution >= 0.6 is 11.3 Å². The number of nitrogens with one attached hydrogen (secondary N) is 1. The van der Waals surface area contributed by atoms with E-state index < -0.39 is 0 Å². The van der Waals surface area contributed by atoms with Gasteiger partial charge in [-0.15, -0.1) is 11.3 Å². The van der Waals surface area contributed by atoms with Gasteiger partial charge in [-0.05, 0) is 39.3 Å². The number of thiazole rings is 1. The lowest BCUT2D eigenvalue weighted by Crippen LogP contribution is -2.51. The van der Waals surface area contributed by atoms with Crippen molar-refractivity contribution in [2.24, 2.45) is 0 Å². The van der Waals surface area contributed by atoms with Crippen LogP contribution in [0.25, 0.3) is 0 Å². The number of aryl methyl sites for hydroxylation is 1. The molecular weight excluding hydrogens is 280 g/mol. The first-order valence-electron chi connectivity index (χ1n) is 8.41. The van der Waals surface area contributed by atoms with Crippen LogP contribution in [0.3, 0.4) is 0 Å². The van der Waals surface area contributed by atoms with Crippen LogP contribution < -0.4 is 10.2 Å². The van der Waals surface area contributed by atoms with Crippen molar-refractivity contribution in [1.82, 2.24) is 15.2 Å². The molecule has 118 valence electrons. The fourth-order valence-electron chi connectivity index (χ4n) is 3.55. The zero-order chi connectivity index (χ0) is 14.8. The Balaban J connectivity index is 1.78. The molecule has 0 spiro atoms. The molecule has 0 amide bonds. The molecule has 1 saturated heterocycles. The fourth-order valence-corrected chi connectivity index (χ4v) is 4.74. The molecular formula is C16H28N4S. The van der Waals surface area contributed by atoms with Gasteiger partial charge in [0.25, 0.3) is 0 Å². The Hall–Kier alpha value is -0.650. The monoisotopic (exact) mass is 308 g/mol.